The molecule has 1 heterocycles. The Kier molecular flexibility index (Phi) is 3.24. The summed E-state index contributed by atoms with van der Waals surface area (Å²) < 4.78 is 0. The molecule has 0 radical (unpaired) electrons. The average Bonchev–Trinajstić information content (AvgIpc) is 2.26. The molecule has 0 aromatic rings. The molecule has 1 saturated heterocycles. The number of carbonyl (C=O) groups is 1. The highest BCUT2D eigenvalue weighted by molar-refractivity contribution is 5.77. The number of amides is 1. The van der Waals surface area contributed by atoms with E-state index < -0.39 is 0 Å². The zero-order valence-corrected chi connectivity index (χ0v) is 11.8. The molecule has 2 rings (SSSR count). The highest BCUT2D eigenvalue weighted by atomic mass is 16.6. The minimum Gasteiger partial charge on any atom is -0.311 e. The third-order valence-electron chi connectivity index (χ3n) is 4.18. The number of nitro groups is 1. The Bertz CT molecular complexity index is 491. The first kappa shape index (κ1) is 13.8. The van der Waals surface area contributed by atoms with Crippen LogP contribution in [0.2, 0.25) is 0 Å². The summed E-state index contributed by atoms with van der Waals surface area (Å²) in [7, 11) is 0. The van der Waals surface area contributed by atoms with Crippen LogP contribution >= 0.6 is 0 Å². The number of hydrogen-bond donors (Lipinski definition) is 0. The lowest BCUT2D eigenvalue weighted by atomic mass is 9.72. The van der Waals surface area contributed by atoms with Gasteiger partial charge in [-0.15, -0.1) is 0 Å². The van der Waals surface area contributed by atoms with E-state index in [1.807, 2.05) is 4.90 Å². The van der Waals surface area contributed by atoms with E-state index in [0.717, 1.165) is 12.1 Å². The first-order chi connectivity index (χ1) is 8.74. The van der Waals surface area contributed by atoms with Gasteiger partial charge in [0.15, 0.2) is 0 Å². The number of allylic oxidation sites excluding steroid dienone is 4. The van der Waals surface area contributed by atoms with Crippen molar-refractivity contribution in [1.82, 2.24) is 4.90 Å². The Morgan fingerprint density at radius 1 is 1.47 bits per heavy atom. The van der Waals surface area contributed by atoms with Gasteiger partial charge < -0.3 is 4.90 Å². The molecule has 1 aliphatic carbocycles. The molecular weight excluding hydrogens is 244 g/mol. The van der Waals surface area contributed by atoms with Crippen molar-refractivity contribution in [3.63, 3.8) is 0 Å². The van der Waals surface area contributed by atoms with E-state index in [9.17, 15) is 14.9 Å². The van der Waals surface area contributed by atoms with Crippen LogP contribution in [0, 0.1) is 22.0 Å². The predicted octanol–water partition coefficient (Wildman–Crippen LogP) is 2.72. The van der Waals surface area contributed by atoms with Crippen molar-refractivity contribution in [1.29, 1.82) is 0 Å². The lowest BCUT2D eigenvalue weighted by molar-refractivity contribution is -0.429. The molecule has 5 nitrogen and oxygen atoms in total. The standard InChI is InChI=1S/C14H20N2O3/c1-9-8-14(3,4)15(10(2)17)13-6-5-11(16(18)19)7-12(9)13/h5-6,9,12H,7-8H2,1-4H3. The monoisotopic (exact) mass is 264 g/mol. The number of hydrogen-bond acceptors (Lipinski definition) is 3. The predicted molar refractivity (Wildman–Crippen MR) is 71.6 cm³/mol. The fraction of sp³-hybridized carbons (Fsp3) is 0.643. The molecule has 1 fully saturated rings. The Labute approximate surface area is 113 Å². The van der Waals surface area contributed by atoms with E-state index in [0.29, 0.717) is 12.3 Å². The van der Waals surface area contributed by atoms with Crippen molar-refractivity contribution in [2.45, 2.75) is 46.1 Å². The molecular formula is C14H20N2O3. The zero-order chi connectivity index (χ0) is 14.4. The Hall–Kier alpha value is -1.65. The highest BCUT2D eigenvalue weighted by Gasteiger charge is 2.45. The van der Waals surface area contributed by atoms with Crippen LogP contribution in [0.15, 0.2) is 23.5 Å². The fourth-order valence-corrected chi connectivity index (χ4v) is 3.55. The summed E-state index contributed by atoms with van der Waals surface area (Å²) in [5.41, 5.74) is 0.943. The highest BCUT2D eigenvalue weighted by Crippen LogP contribution is 2.45. The summed E-state index contributed by atoms with van der Waals surface area (Å²) in [4.78, 5) is 24.3. The van der Waals surface area contributed by atoms with Crippen LogP contribution in [0.5, 0.6) is 0 Å². The average molecular weight is 264 g/mol. The lowest BCUT2D eigenvalue weighted by Crippen LogP contribution is -2.54. The van der Waals surface area contributed by atoms with Gasteiger partial charge in [0.05, 0.1) is 4.92 Å². The molecule has 2 atom stereocenters. The summed E-state index contributed by atoms with van der Waals surface area (Å²) in [6.45, 7) is 7.77. The minimum atomic E-state index is -0.322. The second-order valence-corrected chi connectivity index (χ2v) is 6.17. The van der Waals surface area contributed by atoms with Crippen molar-refractivity contribution in [2.24, 2.45) is 11.8 Å². The van der Waals surface area contributed by atoms with E-state index in [1.54, 1.807) is 13.0 Å². The van der Waals surface area contributed by atoms with Crippen molar-refractivity contribution in [2.75, 3.05) is 0 Å². The van der Waals surface area contributed by atoms with E-state index in [4.69, 9.17) is 0 Å². The van der Waals surface area contributed by atoms with Crippen LogP contribution in [-0.4, -0.2) is 21.3 Å². The quantitative estimate of drug-likeness (QED) is 0.540. The molecule has 0 bridgehead atoms. The number of fused-ring (bicyclic) bond motifs is 1. The van der Waals surface area contributed by atoms with Crippen LogP contribution in [0.3, 0.4) is 0 Å². The molecule has 0 spiro atoms. The Morgan fingerprint density at radius 2 is 2.11 bits per heavy atom. The third kappa shape index (κ3) is 2.29. The van der Waals surface area contributed by atoms with Crippen molar-refractivity contribution in [3.05, 3.63) is 33.7 Å². The van der Waals surface area contributed by atoms with Crippen molar-refractivity contribution in [3.8, 4) is 0 Å². The maximum absolute atomic E-state index is 11.9. The Balaban J connectivity index is 2.46. The van der Waals surface area contributed by atoms with Gasteiger partial charge in [0.1, 0.15) is 0 Å². The summed E-state index contributed by atoms with van der Waals surface area (Å²) in [5.74, 6) is 0.411. The van der Waals surface area contributed by atoms with Crippen LogP contribution in [0.25, 0.3) is 0 Å². The number of likely N-dealkylation sites (tertiary alicyclic amines) is 1. The second kappa shape index (κ2) is 4.47. The number of rotatable bonds is 1. The summed E-state index contributed by atoms with van der Waals surface area (Å²) >= 11 is 0. The summed E-state index contributed by atoms with van der Waals surface area (Å²) in [5, 5.41) is 10.9. The summed E-state index contributed by atoms with van der Waals surface area (Å²) in [6.07, 6.45) is 4.57. The normalized spacial score (nSPS) is 29.2. The first-order valence-corrected chi connectivity index (χ1v) is 6.60. The van der Waals surface area contributed by atoms with Gasteiger partial charge >= 0.3 is 0 Å². The second-order valence-electron chi connectivity index (χ2n) is 6.17. The molecule has 104 valence electrons. The molecule has 0 aromatic heterocycles. The molecule has 5 heteroatoms. The zero-order valence-electron chi connectivity index (χ0n) is 11.8. The molecule has 1 amide bonds. The first-order valence-electron chi connectivity index (χ1n) is 6.60. The SMILES string of the molecule is CC(=O)N1C2=CC=C([N+](=O)[O-])CC2C(C)CC1(C)C. The Morgan fingerprint density at radius 3 is 2.63 bits per heavy atom. The van der Waals surface area contributed by atoms with Crippen molar-refractivity contribution < 1.29 is 9.72 Å². The molecule has 0 aromatic carbocycles. The smallest absolute Gasteiger partial charge is 0.246 e. The summed E-state index contributed by atoms with van der Waals surface area (Å²) in [6, 6.07) is 0. The minimum absolute atomic E-state index is 0.00565. The lowest BCUT2D eigenvalue weighted by Gasteiger charge is -2.50. The fourth-order valence-electron chi connectivity index (χ4n) is 3.55. The van der Waals surface area contributed by atoms with Crippen LogP contribution < -0.4 is 0 Å². The van der Waals surface area contributed by atoms with Gasteiger partial charge in [-0.2, -0.15) is 0 Å². The van der Waals surface area contributed by atoms with Gasteiger partial charge in [0.25, 0.3) is 0 Å². The van der Waals surface area contributed by atoms with E-state index in [1.165, 1.54) is 6.08 Å². The molecule has 2 aliphatic rings. The number of piperidine rings is 1. The molecule has 19 heavy (non-hydrogen) atoms. The van der Waals surface area contributed by atoms with E-state index in [-0.39, 0.29) is 28.0 Å². The molecule has 0 saturated carbocycles. The van der Waals surface area contributed by atoms with Crippen LogP contribution in [-0.2, 0) is 4.79 Å². The largest absolute Gasteiger partial charge is 0.311 e. The van der Waals surface area contributed by atoms with Gasteiger partial charge in [0.2, 0.25) is 11.6 Å². The van der Waals surface area contributed by atoms with Crippen molar-refractivity contribution >= 4 is 5.91 Å². The third-order valence-corrected chi connectivity index (χ3v) is 4.18. The van der Waals surface area contributed by atoms with Crippen LogP contribution in [0.4, 0.5) is 0 Å². The van der Waals surface area contributed by atoms with Gasteiger partial charge in [-0.05, 0) is 32.3 Å². The van der Waals surface area contributed by atoms with Gasteiger partial charge in [-0.25, -0.2) is 0 Å². The maximum Gasteiger partial charge on any atom is 0.246 e. The molecule has 2 unspecified atom stereocenters. The number of nitrogens with zero attached hydrogens (tertiary/aromatic N) is 2. The molecule has 1 aliphatic heterocycles. The van der Waals surface area contributed by atoms with E-state index >= 15 is 0 Å². The number of carbonyl (C=O) groups excluding carboxylic acids is 1. The van der Waals surface area contributed by atoms with Crippen LogP contribution in [0.1, 0.15) is 40.5 Å². The van der Waals surface area contributed by atoms with Gasteiger partial charge in [-0.3, -0.25) is 14.9 Å². The van der Waals surface area contributed by atoms with Gasteiger partial charge in [0, 0.05) is 36.6 Å². The topological polar surface area (TPSA) is 63.5 Å². The molecule has 0 N–H and O–H groups in total. The van der Waals surface area contributed by atoms with Gasteiger partial charge in [-0.1, -0.05) is 6.92 Å². The maximum atomic E-state index is 11.9. The van der Waals surface area contributed by atoms with E-state index in [2.05, 4.69) is 20.8 Å².